The molecule has 16 heavy (non-hydrogen) atoms. The Morgan fingerprint density at radius 2 is 2.31 bits per heavy atom. The highest BCUT2D eigenvalue weighted by atomic mass is 16.5. The normalized spacial score (nSPS) is 20.4. The molecule has 6 nitrogen and oxygen atoms in total. The van der Waals surface area contributed by atoms with Gasteiger partial charge in [-0.25, -0.2) is 9.59 Å². The van der Waals surface area contributed by atoms with Crippen LogP contribution in [-0.2, 0) is 9.53 Å². The second-order valence-corrected chi connectivity index (χ2v) is 3.77. The molecule has 0 bridgehead atoms. The Morgan fingerprint density at radius 3 is 2.88 bits per heavy atom. The second kappa shape index (κ2) is 5.50. The largest absolute Gasteiger partial charge is 0.478 e. The fourth-order valence-corrected chi connectivity index (χ4v) is 1.66. The predicted molar refractivity (Wildman–Crippen MR) is 57.2 cm³/mol. The summed E-state index contributed by atoms with van der Waals surface area (Å²) in [6, 6.07) is 0.0223. The third kappa shape index (κ3) is 3.54. The Kier molecular flexibility index (Phi) is 4.30. The van der Waals surface area contributed by atoms with Crippen LogP contribution in [0.15, 0.2) is 12.2 Å². The summed E-state index contributed by atoms with van der Waals surface area (Å²) >= 11 is 0. The van der Waals surface area contributed by atoms with E-state index in [0.717, 1.165) is 13.0 Å². The van der Waals surface area contributed by atoms with Crippen molar-refractivity contribution in [3.05, 3.63) is 12.2 Å². The molecule has 1 rings (SSSR count). The van der Waals surface area contributed by atoms with Crippen molar-refractivity contribution in [2.45, 2.75) is 12.5 Å². The molecule has 1 heterocycles. The lowest BCUT2D eigenvalue weighted by Gasteiger charge is -2.15. The Balaban J connectivity index is 2.32. The van der Waals surface area contributed by atoms with E-state index < -0.39 is 12.1 Å². The molecule has 0 radical (unpaired) electrons. The number of methoxy groups -OCH3 is 1. The van der Waals surface area contributed by atoms with E-state index in [4.69, 9.17) is 5.11 Å². The Bertz CT molecular complexity index is 303. The van der Waals surface area contributed by atoms with Gasteiger partial charge in [0.2, 0.25) is 0 Å². The summed E-state index contributed by atoms with van der Waals surface area (Å²) < 4.78 is 4.49. The summed E-state index contributed by atoms with van der Waals surface area (Å²) in [5, 5.41) is 11.4. The van der Waals surface area contributed by atoms with E-state index in [0.29, 0.717) is 13.1 Å². The molecule has 6 heteroatoms. The van der Waals surface area contributed by atoms with Crippen LogP contribution in [0.1, 0.15) is 6.42 Å². The Labute approximate surface area is 93.9 Å². The van der Waals surface area contributed by atoms with Crippen LogP contribution in [0.2, 0.25) is 0 Å². The number of alkyl carbamates (subject to hydrolysis) is 1. The lowest BCUT2D eigenvalue weighted by molar-refractivity contribution is -0.132. The molecule has 1 saturated heterocycles. The van der Waals surface area contributed by atoms with Crippen molar-refractivity contribution in [1.82, 2.24) is 10.2 Å². The summed E-state index contributed by atoms with van der Waals surface area (Å²) in [5.74, 6) is -0.982. The number of ether oxygens (including phenoxy) is 1. The molecule has 0 aromatic rings. The van der Waals surface area contributed by atoms with E-state index in [1.807, 2.05) is 4.90 Å². The fraction of sp³-hybridized carbons (Fsp3) is 0.600. The first kappa shape index (κ1) is 12.5. The standard InChI is InChI=1S/C10H16N2O4/c1-7(9(13)14)5-12-4-3-8(6-12)11-10(15)16-2/h8H,1,3-6H2,2H3,(H,11,15)(H,13,14). The number of carbonyl (C=O) groups is 2. The third-order valence-corrected chi connectivity index (χ3v) is 2.50. The second-order valence-electron chi connectivity index (χ2n) is 3.77. The summed E-state index contributed by atoms with van der Waals surface area (Å²) in [4.78, 5) is 23.5. The highest BCUT2D eigenvalue weighted by Gasteiger charge is 2.25. The maximum Gasteiger partial charge on any atom is 0.407 e. The molecule has 1 aliphatic heterocycles. The molecule has 1 atom stereocenters. The maximum absolute atomic E-state index is 10.9. The number of carboxylic acid groups (broad SMARTS) is 1. The highest BCUT2D eigenvalue weighted by molar-refractivity contribution is 5.86. The molecular weight excluding hydrogens is 212 g/mol. The van der Waals surface area contributed by atoms with Gasteiger partial charge < -0.3 is 15.2 Å². The minimum absolute atomic E-state index is 0.0223. The number of amides is 1. The molecule has 0 saturated carbocycles. The summed E-state index contributed by atoms with van der Waals surface area (Å²) in [7, 11) is 1.31. The van der Waals surface area contributed by atoms with E-state index in [-0.39, 0.29) is 11.6 Å². The van der Waals surface area contributed by atoms with Crippen molar-refractivity contribution >= 4 is 12.1 Å². The SMILES string of the molecule is C=C(CN1CCC(NC(=O)OC)C1)C(=O)O. The Morgan fingerprint density at radius 1 is 1.62 bits per heavy atom. The van der Waals surface area contributed by atoms with Crippen LogP contribution in [-0.4, -0.2) is 54.9 Å². The molecular formula is C10H16N2O4. The first-order chi connectivity index (χ1) is 7.52. The van der Waals surface area contributed by atoms with Gasteiger partial charge in [-0.2, -0.15) is 0 Å². The van der Waals surface area contributed by atoms with Gasteiger partial charge in [-0.15, -0.1) is 0 Å². The van der Waals surface area contributed by atoms with Crippen molar-refractivity contribution in [1.29, 1.82) is 0 Å². The van der Waals surface area contributed by atoms with Gasteiger partial charge in [-0.1, -0.05) is 6.58 Å². The molecule has 0 aromatic carbocycles. The number of hydrogen-bond donors (Lipinski definition) is 2. The zero-order valence-corrected chi connectivity index (χ0v) is 9.23. The number of hydrogen-bond acceptors (Lipinski definition) is 4. The third-order valence-electron chi connectivity index (χ3n) is 2.50. The number of aliphatic carboxylic acids is 1. The molecule has 1 amide bonds. The van der Waals surface area contributed by atoms with Crippen LogP contribution in [0.25, 0.3) is 0 Å². The van der Waals surface area contributed by atoms with Crippen molar-refractivity contribution in [2.75, 3.05) is 26.7 Å². The highest BCUT2D eigenvalue weighted by Crippen LogP contribution is 2.10. The number of carbonyl (C=O) groups excluding carboxylic acids is 1. The van der Waals surface area contributed by atoms with E-state index in [2.05, 4.69) is 16.6 Å². The summed E-state index contributed by atoms with van der Waals surface area (Å²) in [6.07, 6.45) is 0.339. The van der Waals surface area contributed by atoms with E-state index in [1.165, 1.54) is 7.11 Å². The van der Waals surface area contributed by atoms with Gasteiger partial charge in [-0.3, -0.25) is 4.90 Å². The van der Waals surface area contributed by atoms with Crippen LogP contribution in [0.3, 0.4) is 0 Å². The summed E-state index contributed by atoms with van der Waals surface area (Å²) in [5.41, 5.74) is 0.165. The van der Waals surface area contributed by atoms with Gasteiger partial charge in [0, 0.05) is 31.2 Å². The van der Waals surface area contributed by atoms with Crippen LogP contribution >= 0.6 is 0 Å². The first-order valence-corrected chi connectivity index (χ1v) is 5.01. The molecule has 1 aliphatic rings. The zero-order chi connectivity index (χ0) is 12.1. The number of likely N-dealkylation sites (tertiary alicyclic amines) is 1. The fourth-order valence-electron chi connectivity index (χ4n) is 1.66. The molecule has 0 spiro atoms. The maximum atomic E-state index is 10.9. The molecule has 1 fully saturated rings. The van der Waals surface area contributed by atoms with Crippen molar-refractivity contribution in [3.63, 3.8) is 0 Å². The number of carboxylic acids is 1. The zero-order valence-electron chi connectivity index (χ0n) is 9.23. The van der Waals surface area contributed by atoms with Gasteiger partial charge in [-0.05, 0) is 6.42 Å². The minimum Gasteiger partial charge on any atom is -0.478 e. The Hall–Kier alpha value is -1.56. The molecule has 1 unspecified atom stereocenters. The lowest BCUT2D eigenvalue weighted by Crippen LogP contribution is -2.37. The smallest absolute Gasteiger partial charge is 0.407 e. The average molecular weight is 228 g/mol. The van der Waals surface area contributed by atoms with Crippen LogP contribution in [0.5, 0.6) is 0 Å². The number of nitrogens with one attached hydrogen (secondary N) is 1. The van der Waals surface area contributed by atoms with Crippen molar-refractivity contribution in [2.24, 2.45) is 0 Å². The predicted octanol–water partition coefficient (Wildman–Crippen LogP) is 0.0575. The van der Waals surface area contributed by atoms with Gasteiger partial charge in [0.1, 0.15) is 0 Å². The quantitative estimate of drug-likeness (QED) is 0.665. The topological polar surface area (TPSA) is 78.9 Å². The van der Waals surface area contributed by atoms with Crippen LogP contribution in [0, 0.1) is 0 Å². The molecule has 90 valence electrons. The first-order valence-electron chi connectivity index (χ1n) is 5.01. The minimum atomic E-state index is -0.982. The van der Waals surface area contributed by atoms with E-state index >= 15 is 0 Å². The number of rotatable bonds is 4. The van der Waals surface area contributed by atoms with Gasteiger partial charge in [0.15, 0.2) is 0 Å². The van der Waals surface area contributed by atoms with Gasteiger partial charge in [0.05, 0.1) is 7.11 Å². The average Bonchev–Trinajstić information content (AvgIpc) is 2.65. The van der Waals surface area contributed by atoms with E-state index in [1.54, 1.807) is 0 Å². The van der Waals surface area contributed by atoms with E-state index in [9.17, 15) is 9.59 Å². The molecule has 0 aliphatic carbocycles. The summed E-state index contributed by atoms with van der Waals surface area (Å²) in [6.45, 7) is 5.17. The monoisotopic (exact) mass is 228 g/mol. The lowest BCUT2D eigenvalue weighted by atomic mass is 10.3. The van der Waals surface area contributed by atoms with Gasteiger partial charge in [0.25, 0.3) is 0 Å². The van der Waals surface area contributed by atoms with Crippen LogP contribution < -0.4 is 5.32 Å². The van der Waals surface area contributed by atoms with Crippen molar-refractivity contribution < 1.29 is 19.4 Å². The molecule has 0 aromatic heterocycles. The molecule has 2 N–H and O–H groups in total. The number of nitrogens with zero attached hydrogens (tertiary/aromatic N) is 1. The van der Waals surface area contributed by atoms with Gasteiger partial charge >= 0.3 is 12.1 Å². The van der Waals surface area contributed by atoms with Crippen molar-refractivity contribution in [3.8, 4) is 0 Å². The van der Waals surface area contributed by atoms with Crippen LogP contribution in [0.4, 0.5) is 4.79 Å².